The van der Waals surface area contributed by atoms with Gasteiger partial charge in [-0.1, -0.05) is 425 Å². The van der Waals surface area contributed by atoms with Gasteiger partial charge in [0, 0.05) is 61.5 Å². The average molecular weight is 1730 g/mol. The molecule has 130 heavy (non-hydrogen) atoms. The second-order valence-electron chi connectivity index (χ2n) is 49.7. The fourth-order valence-corrected chi connectivity index (χ4v) is 18.5. The van der Waals surface area contributed by atoms with Gasteiger partial charge in [0.2, 0.25) is 0 Å². The summed E-state index contributed by atoms with van der Waals surface area (Å²) in [5, 5.41) is -0.178. The molecule has 1 aromatic heterocycles. The third kappa shape index (κ3) is 17.3. The Bertz CT molecular complexity index is 7730. The highest BCUT2D eigenvalue weighted by Crippen LogP contribution is 2.59. The van der Waals surface area contributed by atoms with Crippen molar-refractivity contribution in [3.8, 4) is 72.4 Å². The van der Waals surface area contributed by atoms with Gasteiger partial charge in [-0.3, -0.25) is 0 Å². The van der Waals surface area contributed by atoms with Crippen LogP contribution in [0.3, 0.4) is 0 Å². The van der Waals surface area contributed by atoms with Crippen molar-refractivity contribution < 1.29 is 23.3 Å². The van der Waals surface area contributed by atoms with Crippen LogP contribution in [0.2, 0.25) is 0 Å². The van der Waals surface area contributed by atoms with Gasteiger partial charge in [-0.05, 0) is 259 Å². The number of hydrogen-bond donors (Lipinski definition) is 0. The number of rotatable bonds is 9. The third-order valence-corrected chi connectivity index (χ3v) is 26.7. The lowest BCUT2D eigenvalue weighted by Crippen LogP contribution is -2.61. The Kier molecular flexibility index (Phi) is 17.7. The van der Waals surface area contributed by atoms with Crippen LogP contribution in [-0.2, 0) is 65.0 Å². The van der Waals surface area contributed by atoms with Crippen LogP contribution >= 0.6 is 0 Å². The summed E-state index contributed by atoms with van der Waals surface area (Å²) in [7, 11) is 0. The lowest BCUT2D eigenvalue weighted by atomic mass is 9.33. The van der Waals surface area contributed by atoms with Gasteiger partial charge in [0.15, 0.2) is 0 Å². The Balaban J connectivity index is 1.29. The molecule has 0 atom stereocenters. The summed E-state index contributed by atoms with van der Waals surface area (Å²) in [6, 6.07) is 44.4. The molecule has 0 aliphatic carbocycles. The zero-order valence-electron chi connectivity index (χ0n) is 102. The Labute approximate surface area is 808 Å². The largest absolute Gasteiger partial charge is 0.310 e. The van der Waals surface area contributed by atoms with Crippen LogP contribution in [0.15, 0.2) is 242 Å². The molecule has 0 saturated heterocycles. The van der Waals surface area contributed by atoms with Gasteiger partial charge in [-0.15, -0.1) is 0 Å². The molecule has 0 N–H and O–H groups in total. The Hall–Kier alpha value is -10.7. The number of aromatic nitrogens is 1. The normalized spacial score (nSPS) is 15.8. The van der Waals surface area contributed by atoms with E-state index in [1.54, 1.807) is 4.57 Å². The first-order valence-corrected chi connectivity index (χ1v) is 46.9. The van der Waals surface area contributed by atoms with Gasteiger partial charge in [0.05, 0.1) is 45.7 Å². The number of para-hydroxylation sites is 2. The fourth-order valence-electron chi connectivity index (χ4n) is 18.5. The molecule has 670 valence electrons. The number of fused-ring (bicyclic) bond motifs is 7. The molecule has 0 unspecified atom stereocenters. The van der Waals surface area contributed by atoms with E-state index in [4.69, 9.17) is 0 Å². The molecular weight excluding hydrogens is 1570 g/mol. The predicted molar refractivity (Wildman–Crippen MR) is 572 cm³/mol. The Morgan fingerprint density at radius 3 is 1.07 bits per heavy atom. The highest BCUT2D eigenvalue weighted by atomic mass is 15.2. The van der Waals surface area contributed by atoms with E-state index in [1.165, 1.54) is 0 Å². The molecule has 0 saturated carbocycles. The van der Waals surface area contributed by atoms with Gasteiger partial charge >= 0.3 is 0 Å². The maximum absolute atomic E-state index is 12.0. The van der Waals surface area contributed by atoms with Gasteiger partial charge in [0.1, 0.15) is 0 Å². The van der Waals surface area contributed by atoms with E-state index in [0.29, 0.717) is 50.4 Å². The molecule has 2 aliphatic rings. The van der Waals surface area contributed by atoms with E-state index < -0.39 is 121 Å². The van der Waals surface area contributed by atoms with Crippen LogP contribution in [0.25, 0.3) is 94.3 Å². The van der Waals surface area contributed by atoms with E-state index in [1.807, 2.05) is 95.2 Å². The number of hydrogen-bond acceptors (Lipinski definition) is 2. The molecule has 0 fully saturated rings. The number of anilines is 6. The second kappa shape index (κ2) is 31.5. The van der Waals surface area contributed by atoms with Gasteiger partial charge in [-0.2, -0.15) is 0 Å². The minimum Gasteiger partial charge on any atom is -0.310 e. The molecule has 13 aromatic carbocycles. The topological polar surface area (TPSA) is 11.4 Å². The van der Waals surface area contributed by atoms with Crippen molar-refractivity contribution in [3.63, 3.8) is 0 Å². The second-order valence-corrected chi connectivity index (χ2v) is 49.7. The van der Waals surface area contributed by atoms with E-state index in [-0.39, 0.29) is 131 Å². The zero-order chi connectivity index (χ0) is 109. The molecule has 2 aliphatic heterocycles. The molecule has 0 bridgehead atoms. The van der Waals surface area contributed by atoms with Crippen molar-refractivity contribution in [2.75, 3.05) is 9.80 Å². The van der Waals surface area contributed by atoms with E-state index >= 15 is 0 Å². The summed E-state index contributed by atoms with van der Waals surface area (Å²) >= 11 is 0. The molecule has 4 heteroatoms. The van der Waals surface area contributed by atoms with E-state index in [9.17, 15) is 23.3 Å². The first-order chi connectivity index (χ1) is 67.1. The summed E-state index contributed by atoms with van der Waals surface area (Å²) in [6.45, 7) is 75.5. The maximum Gasteiger partial charge on any atom is 0.252 e. The van der Waals surface area contributed by atoms with Crippen LogP contribution in [0, 0.1) is 0 Å². The molecule has 3 nitrogen and oxygen atoms in total. The van der Waals surface area contributed by atoms with E-state index in [0.717, 1.165) is 83.5 Å². The van der Waals surface area contributed by atoms with Crippen LogP contribution in [0.5, 0.6) is 0 Å². The highest BCUT2D eigenvalue weighted by molar-refractivity contribution is 7.00. The molecule has 0 radical (unpaired) electrons. The Morgan fingerprint density at radius 1 is 0.223 bits per heavy atom. The lowest BCUT2D eigenvalue weighted by molar-refractivity contribution is 0.568. The van der Waals surface area contributed by atoms with Crippen LogP contribution in [0.1, 0.15) is 339 Å². The quantitative estimate of drug-likeness (QED) is 0.133. The van der Waals surface area contributed by atoms with Crippen molar-refractivity contribution in [1.29, 1.82) is 0 Å². The average Bonchev–Trinajstić information content (AvgIpc) is 0.983. The summed E-state index contributed by atoms with van der Waals surface area (Å²) in [5.74, 6) is 0. The van der Waals surface area contributed by atoms with Crippen molar-refractivity contribution >= 4 is 79.0 Å². The standard InChI is InChI=1S/C126H148BN3/c1-115(2,3)83-50-45-77(46-51-83)97-71-91(123(25,26)27)73-100(94-57-54-86(118(10,11)12)75-103(94)126(34,35)36)113(97)130-109-76-93(128-106-43-39-37-41-95(106)96-42-38-40-44-107(96)128)56-60-105(109)127-104-59-49-79(80-61-87(119(13,14)15)68-88(62-80)120(16,17)18)65-108(104)129(110-66-82(67-111(130)112(110)127)81-63-89(121(19,20)21)69-90(64-81)122(22,23)24)114-98(78-47-52-84(53-48-78)116(4,5)6)72-92(124(28,29)30)74-101(114)99-70-85(117(7,8)9)55-58-102(99)125(31,32)33/h37-76H,1-36H3/i37D,38D,39D,40D,41D,42D,43D,44D,47D,48D,52D,53D,55D,58D,70D,72D,74D. The fraction of sp³-hybridized carbons (Fsp3) is 0.381. The van der Waals surface area contributed by atoms with Gasteiger partial charge in [0.25, 0.3) is 6.71 Å². The predicted octanol–water partition coefficient (Wildman–Crippen LogP) is 34.4. The molecular formula is C126H148BN3. The van der Waals surface area contributed by atoms with Crippen molar-refractivity contribution in [2.45, 2.75) is 314 Å². The summed E-state index contributed by atoms with van der Waals surface area (Å²) in [6.07, 6.45) is 0. The number of benzene rings is 13. The Morgan fingerprint density at radius 2 is 0.600 bits per heavy atom. The maximum atomic E-state index is 12.0. The molecule has 14 aromatic rings. The molecule has 3 heterocycles. The summed E-state index contributed by atoms with van der Waals surface area (Å²) < 4.78 is 180. The third-order valence-electron chi connectivity index (χ3n) is 26.7. The minimum atomic E-state index is -1.16. The van der Waals surface area contributed by atoms with Crippen LogP contribution in [-0.4, -0.2) is 11.3 Å². The van der Waals surface area contributed by atoms with Crippen molar-refractivity contribution in [1.82, 2.24) is 4.57 Å². The highest BCUT2D eigenvalue weighted by Gasteiger charge is 2.48. The smallest absolute Gasteiger partial charge is 0.252 e. The number of nitrogens with zero attached hydrogens (tertiary/aromatic N) is 3. The first-order valence-electron chi connectivity index (χ1n) is 55.4. The molecule has 0 spiro atoms. The lowest BCUT2D eigenvalue weighted by Gasteiger charge is -2.46. The summed E-state index contributed by atoms with van der Waals surface area (Å²) in [4.78, 5) is 4.51. The first kappa shape index (κ1) is 73.0. The van der Waals surface area contributed by atoms with Crippen molar-refractivity contribution in [2.24, 2.45) is 0 Å². The van der Waals surface area contributed by atoms with Crippen molar-refractivity contribution in [3.05, 3.63) is 309 Å². The van der Waals surface area contributed by atoms with Crippen LogP contribution < -0.4 is 26.2 Å². The van der Waals surface area contributed by atoms with Crippen LogP contribution in [0.4, 0.5) is 34.1 Å². The van der Waals surface area contributed by atoms with Gasteiger partial charge < -0.3 is 14.4 Å². The monoisotopic (exact) mass is 1730 g/mol. The SMILES string of the molecule is [2H]c1c([2H])c(C(C)(C)C)c([2H])c([2H])c1-c1c([2H])c(C(C)(C)C)c([2H])c(-c2c([2H])c(C(C)(C)C)c([2H])c([2H])c2C(C)(C)C)c1N1c2cc(-c3cc(C(C)(C)C)cc(C(C)(C)C)c3)ccc2B2c3ccc(-n4c5c([2H])c([2H])c([2H])c([2H])c5c5c([2H])c([2H])c([2H])c([2H])c54)cc3N(c3c(-c4ccc(C(C)(C)C)cc4)cc(C(C)(C)C)cc3-c3ccc(C(C)(C)C)cc3C(C)(C)C)c3cc(-c4cc(C(C)(C)C)cc(C(C)(C)C)c4)cc1c32. The minimum absolute atomic E-state index is 0.0592. The molecule has 16 rings (SSSR count). The van der Waals surface area contributed by atoms with Gasteiger partial charge in [-0.25, -0.2) is 0 Å². The molecule has 0 amide bonds. The zero-order valence-corrected chi connectivity index (χ0v) is 84.7. The summed E-state index contributed by atoms with van der Waals surface area (Å²) in [5.41, 5.74) is 12.8. The van der Waals surface area contributed by atoms with E-state index in [2.05, 4.69) is 303 Å².